The lowest BCUT2D eigenvalue weighted by Gasteiger charge is -2.33. The van der Waals surface area contributed by atoms with Crippen LogP contribution in [0.25, 0.3) is 0 Å². The number of primary amides is 1. The summed E-state index contributed by atoms with van der Waals surface area (Å²) in [6.45, 7) is 8.65. The third-order valence-corrected chi connectivity index (χ3v) is 4.58. The van der Waals surface area contributed by atoms with E-state index in [4.69, 9.17) is 15.6 Å². The maximum atomic E-state index is 11.2. The summed E-state index contributed by atoms with van der Waals surface area (Å²) >= 11 is 0. The summed E-state index contributed by atoms with van der Waals surface area (Å²) in [6.07, 6.45) is 0.0817. The fourth-order valence-electron chi connectivity index (χ4n) is 3.12. The third-order valence-electron chi connectivity index (χ3n) is 4.58. The highest BCUT2D eigenvalue weighted by atomic mass is 16.3. The summed E-state index contributed by atoms with van der Waals surface area (Å²) in [5.41, 5.74) is 6.47. The molecule has 2 aromatic rings. The first-order valence-corrected chi connectivity index (χ1v) is 9.33. The molecule has 1 aromatic carbocycles. The molecule has 0 aliphatic carbocycles. The van der Waals surface area contributed by atoms with Gasteiger partial charge in [0.2, 0.25) is 5.91 Å². The van der Waals surface area contributed by atoms with Crippen molar-refractivity contribution < 1.29 is 14.7 Å². The van der Waals surface area contributed by atoms with Gasteiger partial charge in [0.05, 0.1) is 19.5 Å². The number of carbonyl (C=O) groups is 2. The summed E-state index contributed by atoms with van der Waals surface area (Å²) in [7, 11) is 0. The quantitative estimate of drug-likeness (QED) is 0.650. The number of carboxylic acid groups (broad SMARTS) is 1. The molecule has 0 atom stereocenters. The minimum absolute atomic E-state index is 0.0817. The van der Waals surface area contributed by atoms with E-state index in [0.717, 1.165) is 50.7 Å². The molecule has 3 rings (SSSR count). The van der Waals surface area contributed by atoms with Crippen LogP contribution < -0.4 is 5.73 Å². The molecule has 2 heterocycles. The average Bonchev–Trinajstić information content (AvgIpc) is 3.04. The van der Waals surface area contributed by atoms with Gasteiger partial charge in [0, 0.05) is 26.2 Å². The van der Waals surface area contributed by atoms with Crippen LogP contribution in [0.2, 0.25) is 0 Å². The van der Waals surface area contributed by atoms with Crippen LogP contribution in [0.3, 0.4) is 0 Å². The molecule has 1 aromatic heterocycles. The highest BCUT2D eigenvalue weighted by Crippen LogP contribution is 2.10. The zero-order valence-electron chi connectivity index (χ0n) is 16.2. The summed E-state index contributed by atoms with van der Waals surface area (Å²) in [6, 6.07) is 10.2. The van der Waals surface area contributed by atoms with E-state index in [-0.39, 0.29) is 12.9 Å². The van der Waals surface area contributed by atoms with Gasteiger partial charge in [-0.1, -0.05) is 37.3 Å². The number of aromatic nitrogens is 3. The number of hydrogen-bond donors (Lipinski definition) is 2. The lowest BCUT2D eigenvalue weighted by atomic mass is 10.2. The highest BCUT2D eigenvalue weighted by molar-refractivity contribution is 5.75. The van der Waals surface area contributed by atoms with Crippen LogP contribution in [0.15, 0.2) is 30.3 Å². The van der Waals surface area contributed by atoms with Gasteiger partial charge >= 0.3 is 0 Å². The van der Waals surface area contributed by atoms with Crippen molar-refractivity contribution in [1.29, 1.82) is 0 Å². The highest BCUT2D eigenvalue weighted by Gasteiger charge is 2.19. The molecule has 152 valence electrons. The number of piperazine rings is 1. The van der Waals surface area contributed by atoms with Gasteiger partial charge in [-0.3, -0.25) is 14.5 Å². The average molecular weight is 388 g/mol. The van der Waals surface area contributed by atoms with Crippen LogP contribution >= 0.6 is 0 Å². The number of carbonyl (C=O) groups excluding carboxylic acids is 1. The van der Waals surface area contributed by atoms with Crippen molar-refractivity contribution in [2.24, 2.45) is 5.73 Å². The van der Waals surface area contributed by atoms with Gasteiger partial charge in [-0.15, -0.1) is 0 Å². The summed E-state index contributed by atoms with van der Waals surface area (Å²) in [5.74, 6) is 0.996. The number of rotatable bonds is 7. The topological polar surface area (TPSA) is 118 Å². The first-order chi connectivity index (χ1) is 13.5. The monoisotopic (exact) mass is 388 g/mol. The molecule has 1 saturated heterocycles. The second-order valence-corrected chi connectivity index (χ2v) is 6.55. The van der Waals surface area contributed by atoms with Crippen molar-refractivity contribution in [3.63, 3.8) is 0 Å². The maximum Gasteiger partial charge on any atom is 0.290 e. The van der Waals surface area contributed by atoms with E-state index in [1.165, 1.54) is 0 Å². The fourth-order valence-corrected chi connectivity index (χ4v) is 3.12. The Labute approximate surface area is 164 Å². The Bertz CT molecular complexity index is 741. The minimum Gasteiger partial charge on any atom is -0.483 e. The second-order valence-electron chi connectivity index (χ2n) is 6.55. The van der Waals surface area contributed by atoms with Crippen molar-refractivity contribution >= 4 is 12.4 Å². The maximum absolute atomic E-state index is 11.2. The Morgan fingerprint density at radius 1 is 1.14 bits per heavy atom. The molecule has 0 saturated carbocycles. The Balaban J connectivity index is 0.000000878. The van der Waals surface area contributed by atoms with Gasteiger partial charge in [0.1, 0.15) is 5.82 Å². The molecule has 0 unspecified atom stereocenters. The van der Waals surface area contributed by atoms with Gasteiger partial charge in [-0.25, -0.2) is 9.67 Å². The van der Waals surface area contributed by atoms with Gasteiger partial charge in [0.15, 0.2) is 5.82 Å². The van der Waals surface area contributed by atoms with E-state index >= 15 is 0 Å². The zero-order valence-corrected chi connectivity index (χ0v) is 16.2. The van der Waals surface area contributed by atoms with Gasteiger partial charge < -0.3 is 15.7 Å². The van der Waals surface area contributed by atoms with Crippen LogP contribution in [0.1, 0.15) is 24.1 Å². The van der Waals surface area contributed by atoms with Crippen molar-refractivity contribution in [2.75, 3.05) is 32.7 Å². The largest absolute Gasteiger partial charge is 0.483 e. The van der Waals surface area contributed by atoms with Gasteiger partial charge in [-0.05, 0) is 12.1 Å². The Kier molecular flexibility index (Phi) is 8.57. The summed E-state index contributed by atoms with van der Waals surface area (Å²) in [5, 5.41) is 11.4. The molecule has 0 bridgehead atoms. The molecule has 1 aliphatic heterocycles. The predicted molar refractivity (Wildman–Crippen MR) is 105 cm³/mol. The zero-order chi connectivity index (χ0) is 20.4. The minimum atomic E-state index is -0.403. The van der Waals surface area contributed by atoms with Crippen LogP contribution in [0, 0.1) is 0 Å². The molecule has 1 aliphatic rings. The van der Waals surface area contributed by atoms with Crippen LogP contribution in [0.5, 0.6) is 0 Å². The predicted octanol–water partition coefficient (Wildman–Crippen LogP) is 0.193. The van der Waals surface area contributed by atoms with Crippen molar-refractivity contribution in [2.45, 2.75) is 26.4 Å². The first-order valence-electron chi connectivity index (χ1n) is 9.33. The van der Waals surface area contributed by atoms with E-state index in [9.17, 15) is 4.79 Å². The van der Waals surface area contributed by atoms with E-state index in [2.05, 4.69) is 38.9 Å². The van der Waals surface area contributed by atoms with E-state index in [1.54, 1.807) is 0 Å². The van der Waals surface area contributed by atoms with E-state index in [0.29, 0.717) is 12.4 Å². The summed E-state index contributed by atoms with van der Waals surface area (Å²) in [4.78, 5) is 29.0. The molecule has 9 heteroatoms. The number of nitrogens with two attached hydrogens (primary N) is 1. The molecule has 0 spiro atoms. The van der Waals surface area contributed by atoms with Crippen LogP contribution in [-0.4, -0.2) is 74.8 Å². The number of amides is 1. The van der Waals surface area contributed by atoms with Crippen molar-refractivity contribution in [1.82, 2.24) is 24.6 Å². The SMILES string of the molecule is CCN1CCN(Cc2nc(CC(N)=O)nn2Cc2ccccc2)CC1.O=CO. The van der Waals surface area contributed by atoms with E-state index < -0.39 is 5.91 Å². The first kappa shape index (κ1) is 21.5. The summed E-state index contributed by atoms with van der Waals surface area (Å²) < 4.78 is 1.90. The second kappa shape index (κ2) is 11.2. The molecule has 28 heavy (non-hydrogen) atoms. The molecule has 3 N–H and O–H groups in total. The molecule has 0 radical (unpaired) electrons. The number of nitrogens with zero attached hydrogens (tertiary/aromatic N) is 5. The number of benzene rings is 1. The van der Waals surface area contributed by atoms with Crippen LogP contribution in [0.4, 0.5) is 0 Å². The fraction of sp³-hybridized carbons (Fsp3) is 0.474. The molecule has 9 nitrogen and oxygen atoms in total. The Morgan fingerprint density at radius 3 is 2.32 bits per heavy atom. The normalized spacial score (nSPS) is 14.9. The molecule has 1 fully saturated rings. The van der Waals surface area contributed by atoms with E-state index in [1.807, 2.05) is 22.9 Å². The van der Waals surface area contributed by atoms with Crippen molar-refractivity contribution in [3.8, 4) is 0 Å². The molecular formula is C19H28N6O3. The lowest BCUT2D eigenvalue weighted by Crippen LogP contribution is -2.45. The molecule has 1 amide bonds. The Morgan fingerprint density at radius 2 is 1.75 bits per heavy atom. The van der Waals surface area contributed by atoms with Crippen LogP contribution in [-0.2, 0) is 29.1 Å². The smallest absolute Gasteiger partial charge is 0.290 e. The third kappa shape index (κ3) is 6.75. The Hall–Kier alpha value is -2.78. The standard InChI is InChI=1S/C18H26N6O.CH2O2/c1-2-22-8-10-23(11-9-22)14-18-20-17(12-16(19)25)21-24(18)13-15-6-4-3-5-7-15;2-1-3/h3-7H,2,8-14H2,1H3,(H2,19,25);1H,(H,2,3). The number of hydrogen-bond acceptors (Lipinski definition) is 6. The lowest BCUT2D eigenvalue weighted by molar-refractivity contribution is -0.123. The van der Waals surface area contributed by atoms with Gasteiger partial charge in [0.25, 0.3) is 6.47 Å². The molecular weight excluding hydrogens is 360 g/mol. The number of likely N-dealkylation sites (N-methyl/N-ethyl adjacent to an activating group) is 1. The van der Waals surface area contributed by atoms with Gasteiger partial charge in [-0.2, -0.15) is 5.10 Å². The van der Waals surface area contributed by atoms with Crippen molar-refractivity contribution in [3.05, 3.63) is 47.5 Å².